The summed E-state index contributed by atoms with van der Waals surface area (Å²) in [6.07, 6.45) is 0. The smallest absolute Gasteiger partial charge is 0.238 e. The predicted molar refractivity (Wildman–Crippen MR) is 94.4 cm³/mol. The van der Waals surface area contributed by atoms with E-state index in [0.29, 0.717) is 22.3 Å². The van der Waals surface area contributed by atoms with Gasteiger partial charge in [0.15, 0.2) is 0 Å². The highest BCUT2D eigenvalue weighted by atomic mass is 35.5. The number of methoxy groups -OCH3 is 1. The summed E-state index contributed by atoms with van der Waals surface area (Å²) in [6, 6.07) is 12.9. The summed E-state index contributed by atoms with van der Waals surface area (Å²) in [6.45, 7) is 0.869. The van der Waals surface area contributed by atoms with E-state index < -0.39 is 0 Å². The number of nitrogens with one attached hydrogen (secondary N) is 1. The lowest BCUT2D eigenvalue weighted by molar-refractivity contribution is -0.117. The van der Waals surface area contributed by atoms with Crippen LogP contribution in [0.25, 0.3) is 0 Å². The van der Waals surface area contributed by atoms with E-state index >= 15 is 0 Å². The maximum Gasteiger partial charge on any atom is 0.238 e. The van der Waals surface area contributed by atoms with E-state index in [1.807, 2.05) is 36.2 Å². The van der Waals surface area contributed by atoms with Gasteiger partial charge in [-0.15, -0.1) is 0 Å². The summed E-state index contributed by atoms with van der Waals surface area (Å²) in [5, 5.41) is 3.53. The fraction of sp³-hybridized carbons (Fsp3) is 0.235. The first kappa shape index (κ1) is 17.6. The van der Waals surface area contributed by atoms with Gasteiger partial charge in [-0.2, -0.15) is 0 Å². The number of amides is 1. The van der Waals surface area contributed by atoms with E-state index in [-0.39, 0.29) is 12.5 Å². The number of nitrogens with zero attached hydrogens (tertiary/aromatic N) is 1. The monoisotopic (exact) mass is 352 g/mol. The van der Waals surface area contributed by atoms with Gasteiger partial charge in [-0.1, -0.05) is 41.4 Å². The molecule has 0 unspecified atom stereocenters. The highest BCUT2D eigenvalue weighted by Crippen LogP contribution is 2.29. The van der Waals surface area contributed by atoms with Crippen molar-refractivity contribution in [2.45, 2.75) is 6.54 Å². The second-order valence-electron chi connectivity index (χ2n) is 5.17. The average molecular weight is 353 g/mol. The molecule has 0 saturated heterocycles. The Morgan fingerprint density at radius 2 is 1.96 bits per heavy atom. The van der Waals surface area contributed by atoms with Gasteiger partial charge in [0.25, 0.3) is 0 Å². The number of carbonyl (C=O) groups is 1. The number of carbonyl (C=O) groups excluding carboxylic acids is 1. The Morgan fingerprint density at radius 3 is 2.70 bits per heavy atom. The van der Waals surface area contributed by atoms with Gasteiger partial charge in [0, 0.05) is 6.54 Å². The van der Waals surface area contributed by atoms with Crippen LogP contribution in [0.15, 0.2) is 42.5 Å². The highest BCUT2D eigenvalue weighted by Gasteiger charge is 2.11. The molecule has 0 atom stereocenters. The Balaban J connectivity index is 1.93. The molecule has 6 heteroatoms. The number of likely N-dealkylation sites (N-methyl/N-ethyl adjacent to an activating group) is 1. The predicted octanol–water partition coefficient (Wildman–Crippen LogP) is 4.07. The van der Waals surface area contributed by atoms with E-state index in [9.17, 15) is 4.79 Å². The summed E-state index contributed by atoms with van der Waals surface area (Å²) in [5.41, 5.74) is 1.58. The SMILES string of the molecule is COc1cccc(CN(C)CC(=O)Nc2cccc(Cl)c2Cl)c1. The van der Waals surface area contributed by atoms with E-state index in [1.165, 1.54) is 0 Å². The molecule has 0 heterocycles. The van der Waals surface area contributed by atoms with Gasteiger partial charge in [0.05, 0.1) is 29.4 Å². The quantitative estimate of drug-likeness (QED) is 0.851. The first-order valence-corrected chi connectivity index (χ1v) is 7.80. The number of ether oxygens (including phenoxy) is 1. The molecule has 0 spiro atoms. The number of halogens is 2. The number of benzene rings is 2. The Labute approximate surface area is 146 Å². The average Bonchev–Trinajstić information content (AvgIpc) is 2.51. The Bertz CT molecular complexity index is 692. The Morgan fingerprint density at radius 1 is 1.22 bits per heavy atom. The van der Waals surface area contributed by atoms with Crippen LogP contribution >= 0.6 is 23.2 Å². The van der Waals surface area contributed by atoms with Crippen LogP contribution in [0.5, 0.6) is 5.75 Å². The third-order valence-corrected chi connectivity index (χ3v) is 4.04. The summed E-state index contributed by atoms with van der Waals surface area (Å²) in [7, 11) is 3.50. The van der Waals surface area contributed by atoms with Crippen LogP contribution in [0.2, 0.25) is 10.0 Å². The summed E-state index contributed by atoms with van der Waals surface area (Å²) >= 11 is 12.0. The third-order valence-electron chi connectivity index (χ3n) is 3.23. The lowest BCUT2D eigenvalue weighted by atomic mass is 10.2. The second kappa shape index (κ2) is 8.20. The van der Waals surface area contributed by atoms with Crippen molar-refractivity contribution in [3.8, 4) is 5.75 Å². The molecule has 122 valence electrons. The third kappa shape index (κ3) is 5.13. The molecular formula is C17H18Cl2N2O2. The van der Waals surface area contributed by atoms with E-state index in [4.69, 9.17) is 27.9 Å². The van der Waals surface area contributed by atoms with Gasteiger partial charge < -0.3 is 10.1 Å². The molecule has 0 aliphatic carbocycles. The van der Waals surface area contributed by atoms with Crippen LogP contribution in [0.1, 0.15) is 5.56 Å². The molecule has 0 aromatic heterocycles. The zero-order valence-electron chi connectivity index (χ0n) is 13.0. The number of rotatable bonds is 6. The Kier molecular flexibility index (Phi) is 6.28. The summed E-state index contributed by atoms with van der Waals surface area (Å²) in [4.78, 5) is 14.0. The lowest BCUT2D eigenvalue weighted by Crippen LogP contribution is -2.29. The van der Waals surface area contributed by atoms with Crippen molar-refractivity contribution in [3.05, 3.63) is 58.1 Å². The molecule has 0 fully saturated rings. The lowest BCUT2D eigenvalue weighted by Gasteiger charge is -2.17. The highest BCUT2D eigenvalue weighted by molar-refractivity contribution is 6.43. The van der Waals surface area contributed by atoms with Crippen molar-refractivity contribution < 1.29 is 9.53 Å². The van der Waals surface area contributed by atoms with Crippen LogP contribution in [0.3, 0.4) is 0 Å². The van der Waals surface area contributed by atoms with Crippen LogP contribution in [-0.4, -0.2) is 31.5 Å². The minimum atomic E-state index is -0.153. The number of hydrogen-bond acceptors (Lipinski definition) is 3. The molecule has 23 heavy (non-hydrogen) atoms. The number of hydrogen-bond donors (Lipinski definition) is 1. The van der Waals surface area contributed by atoms with Gasteiger partial charge in [0.2, 0.25) is 5.91 Å². The van der Waals surface area contributed by atoms with Crippen LogP contribution in [-0.2, 0) is 11.3 Å². The standard InChI is InChI=1S/C17H18Cl2N2O2/c1-21(10-12-5-3-6-13(9-12)23-2)11-16(22)20-15-8-4-7-14(18)17(15)19/h3-9H,10-11H2,1-2H3,(H,20,22). The molecule has 1 amide bonds. The topological polar surface area (TPSA) is 41.6 Å². The molecule has 0 saturated carbocycles. The maximum absolute atomic E-state index is 12.1. The van der Waals surface area contributed by atoms with Gasteiger partial charge >= 0.3 is 0 Å². The van der Waals surface area contributed by atoms with E-state index in [0.717, 1.165) is 11.3 Å². The first-order valence-electron chi connectivity index (χ1n) is 7.05. The van der Waals surface area contributed by atoms with E-state index in [1.54, 1.807) is 25.3 Å². The molecule has 2 aromatic carbocycles. The van der Waals surface area contributed by atoms with Crippen molar-refractivity contribution in [2.75, 3.05) is 26.0 Å². The molecule has 0 aliphatic rings. The van der Waals surface area contributed by atoms with Gasteiger partial charge in [0.1, 0.15) is 5.75 Å². The van der Waals surface area contributed by atoms with Crippen molar-refractivity contribution in [1.29, 1.82) is 0 Å². The fourth-order valence-electron chi connectivity index (χ4n) is 2.17. The van der Waals surface area contributed by atoms with Crippen LogP contribution in [0, 0.1) is 0 Å². The second-order valence-corrected chi connectivity index (χ2v) is 5.96. The summed E-state index contributed by atoms with van der Waals surface area (Å²) in [5.74, 6) is 0.644. The number of anilines is 1. The van der Waals surface area contributed by atoms with Crippen LogP contribution < -0.4 is 10.1 Å². The molecule has 1 N–H and O–H groups in total. The normalized spacial score (nSPS) is 10.7. The van der Waals surface area contributed by atoms with Gasteiger partial charge in [-0.05, 0) is 36.9 Å². The zero-order valence-corrected chi connectivity index (χ0v) is 14.5. The van der Waals surface area contributed by atoms with Gasteiger partial charge in [-0.25, -0.2) is 0 Å². The largest absolute Gasteiger partial charge is 0.497 e. The molecule has 0 bridgehead atoms. The van der Waals surface area contributed by atoms with Gasteiger partial charge in [-0.3, -0.25) is 9.69 Å². The minimum absolute atomic E-state index is 0.153. The van der Waals surface area contributed by atoms with E-state index in [2.05, 4.69) is 5.32 Å². The van der Waals surface area contributed by atoms with Crippen LogP contribution in [0.4, 0.5) is 5.69 Å². The maximum atomic E-state index is 12.1. The Hall–Kier alpha value is -1.75. The fourth-order valence-corrected chi connectivity index (χ4v) is 2.52. The van der Waals surface area contributed by atoms with Crippen molar-refractivity contribution in [1.82, 2.24) is 4.90 Å². The summed E-state index contributed by atoms with van der Waals surface area (Å²) < 4.78 is 5.20. The van der Waals surface area contributed by atoms with Crippen molar-refractivity contribution >= 4 is 34.8 Å². The van der Waals surface area contributed by atoms with Crippen molar-refractivity contribution in [2.24, 2.45) is 0 Å². The minimum Gasteiger partial charge on any atom is -0.497 e. The molecule has 0 aliphatic heterocycles. The first-order chi connectivity index (χ1) is 11.0. The molecule has 2 rings (SSSR count). The molecule has 2 aromatic rings. The molecule has 4 nitrogen and oxygen atoms in total. The van der Waals surface area contributed by atoms with Crippen molar-refractivity contribution in [3.63, 3.8) is 0 Å². The molecular weight excluding hydrogens is 335 g/mol. The zero-order chi connectivity index (χ0) is 16.8. The molecule has 0 radical (unpaired) electrons.